The van der Waals surface area contributed by atoms with Gasteiger partial charge in [0.1, 0.15) is 0 Å². The zero-order valence-electron chi connectivity index (χ0n) is 16.5. The van der Waals surface area contributed by atoms with E-state index < -0.39 is 17.7 Å². The molecule has 0 heterocycles. The average molecular weight is 479 g/mol. The molecule has 8 heteroatoms. The molecule has 158 valence electrons. The summed E-state index contributed by atoms with van der Waals surface area (Å²) in [6.45, 7) is 3.83. The van der Waals surface area contributed by atoms with Crippen LogP contribution in [0.15, 0.2) is 70.5 Å². The zero-order valence-corrected chi connectivity index (χ0v) is 20.0. The molecule has 30 heavy (non-hydrogen) atoms. The molecule has 4 nitrogen and oxygen atoms in total. The summed E-state index contributed by atoms with van der Waals surface area (Å²) < 4.78 is 47.8. The van der Waals surface area contributed by atoms with Crippen molar-refractivity contribution in [1.82, 2.24) is 0 Å². The van der Waals surface area contributed by atoms with Crippen LogP contribution in [0.5, 0.6) is 0 Å². The molecule has 0 aliphatic heterocycles. The number of thiol groups is 2. The molecule has 0 bridgehead atoms. The Morgan fingerprint density at radius 1 is 0.600 bits per heavy atom. The van der Waals surface area contributed by atoms with Crippen molar-refractivity contribution in [3.8, 4) is 0 Å². The third kappa shape index (κ3) is 5.69. The molecule has 3 aromatic carbocycles. The van der Waals surface area contributed by atoms with E-state index in [9.17, 15) is 16.8 Å². The normalized spacial score (nSPS) is 12.1. The molecule has 0 aromatic heterocycles. The van der Waals surface area contributed by atoms with Gasteiger partial charge in [0.2, 0.25) is 17.7 Å². The standard InChI is InChI=1S/C22H22O4S4/c1-15-3-9-21(29(23,24)27)19(11-15)13-17-5-7-18(8-6-17)14-20-12-16(2)4-10-22(20)30(25,26)28/h3-12H,13-14H2,1-2H3,(H,23,24,27)(H,25,26,28). The van der Waals surface area contributed by atoms with Crippen molar-refractivity contribution in [3.05, 3.63) is 94.0 Å². The highest BCUT2D eigenvalue weighted by atomic mass is 33.1. The number of aryl methyl sites for hydroxylation is 2. The van der Waals surface area contributed by atoms with Crippen LogP contribution in [-0.2, 0) is 30.6 Å². The van der Waals surface area contributed by atoms with Crippen LogP contribution in [0.2, 0.25) is 0 Å². The van der Waals surface area contributed by atoms with Gasteiger partial charge < -0.3 is 0 Å². The Labute approximate surface area is 187 Å². The van der Waals surface area contributed by atoms with Gasteiger partial charge in [-0.2, -0.15) is 0 Å². The van der Waals surface area contributed by atoms with Gasteiger partial charge in [-0.1, -0.05) is 59.7 Å². The Hall–Kier alpha value is -1.74. The molecule has 0 amide bonds. The van der Waals surface area contributed by atoms with Crippen molar-refractivity contribution in [2.75, 3.05) is 0 Å². The molecule has 0 N–H and O–H groups in total. The molecule has 3 aromatic rings. The Bertz CT molecular complexity index is 1190. The molecule has 0 aliphatic rings. The van der Waals surface area contributed by atoms with Crippen molar-refractivity contribution in [1.29, 1.82) is 0 Å². The van der Waals surface area contributed by atoms with Crippen molar-refractivity contribution >= 4 is 41.1 Å². The fraction of sp³-hybridized carbons (Fsp3) is 0.182. The summed E-state index contributed by atoms with van der Waals surface area (Å²) >= 11 is 7.49. The van der Waals surface area contributed by atoms with E-state index in [-0.39, 0.29) is 9.79 Å². The van der Waals surface area contributed by atoms with Crippen LogP contribution < -0.4 is 0 Å². The Kier molecular flexibility index (Phi) is 6.72. The summed E-state index contributed by atoms with van der Waals surface area (Å²) in [5.74, 6) is 0. The molecule has 0 atom stereocenters. The quantitative estimate of drug-likeness (QED) is 0.397. The lowest BCUT2D eigenvalue weighted by molar-refractivity contribution is 0.608. The fourth-order valence-electron chi connectivity index (χ4n) is 3.41. The minimum Gasteiger partial charge on any atom is -0.212 e. The highest BCUT2D eigenvalue weighted by Crippen LogP contribution is 2.26. The second kappa shape index (κ2) is 8.78. The largest absolute Gasteiger partial charge is 0.227 e. The average Bonchev–Trinajstić information content (AvgIpc) is 2.61. The SMILES string of the molecule is Cc1ccc(S(=O)(=O)S)c(Cc2ccc(Cc3cc(C)ccc3S(=O)(=O)S)cc2)c1. The van der Waals surface area contributed by atoms with Crippen molar-refractivity contribution in [3.63, 3.8) is 0 Å². The monoisotopic (exact) mass is 478 g/mol. The van der Waals surface area contributed by atoms with E-state index in [1.54, 1.807) is 24.3 Å². The Balaban J connectivity index is 1.88. The lowest BCUT2D eigenvalue weighted by Crippen LogP contribution is -2.01. The third-order valence-corrected chi connectivity index (χ3v) is 7.89. The van der Waals surface area contributed by atoms with Crippen LogP contribution >= 0.6 is 23.3 Å². The van der Waals surface area contributed by atoms with E-state index in [0.29, 0.717) is 24.0 Å². The van der Waals surface area contributed by atoms with Crippen LogP contribution in [0.25, 0.3) is 0 Å². The number of benzene rings is 3. The van der Waals surface area contributed by atoms with Crippen molar-refractivity contribution < 1.29 is 16.8 Å². The maximum absolute atomic E-state index is 12.0. The summed E-state index contributed by atoms with van der Waals surface area (Å²) in [4.78, 5) is 0.424. The molecule has 0 spiro atoms. The van der Waals surface area contributed by atoms with E-state index in [4.69, 9.17) is 0 Å². The lowest BCUT2D eigenvalue weighted by Gasteiger charge is -2.11. The Morgan fingerprint density at radius 2 is 0.933 bits per heavy atom. The maximum atomic E-state index is 12.0. The minimum absolute atomic E-state index is 0.212. The summed E-state index contributed by atoms with van der Waals surface area (Å²) in [5, 5.41) is 0. The summed E-state index contributed by atoms with van der Waals surface area (Å²) in [5.41, 5.74) is 5.24. The highest BCUT2D eigenvalue weighted by molar-refractivity contribution is 8.63. The van der Waals surface area contributed by atoms with Gasteiger partial charge in [0.25, 0.3) is 0 Å². The van der Waals surface area contributed by atoms with Crippen LogP contribution in [0.3, 0.4) is 0 Å². The molecule has 0 fully saturated rings. The van der Waals surface area contributed by atoms with Gasteiger partial charge in [-0.15, -0.1) is 0 Å². The smallest absolute Gasteiger partial charge is 0.212 e. The van der Waals surface area contributed by atoms with Crippen LogP contribution in [0, 0.1) is 13.8 Å². The maximum Gasteiger partial charge on any atom is 0.227 e. The summed E-state index contributed by atoms with van der Waals surface area (Å²) in [6.07, 6.45) is 0.912. The van der Waals surface area contributed by atoms with Crippen molar-refractivity contribution in [2.24, 2.45) is 0 Å². The molecule has 0 saturated carbocycles. The van der Waals surface area contributed by atoms with Gasteiger partial charge in [-0.25, -0.2) is 16.8 Å². The summed E-state index contributed by atoms with van der Waals surface area (Å²) in [7, 11) is -7.22. The molecular formula is C22H22O4S4. The first-order chi connectivity index (χ1) is 13.9. The molecule has 3 rings (SSSR count). The predicted octanol–water partition coefficient (Wildman–Crippen LogP) is 4.72. The molecule has 0 aliphatic carbocycles. The first-order valence-corrected chi connectivity index (χ1v) is 14.2. The zero-order chi connectivity index (χ0) is 22.1. The topological polar surface area (TPSA) is 68.3 Å². The first-order valence-electron chi connectivity index (χ1n) is 9.15. The molecule has 0 saturated heterocycles. The van der Waals surface area contributed by atoms with E-state index >= 15 is 0 Å². The Morgan fingerprint density at radius 3 is 1.23 bits per heavy atom. The van der Waals surface area contributed by atoms with Crippen LogP contribution in [-0.4, -0.2) is 16.8 Å². The molecule has 0 radical (unpaired) electrons. The van der Waals surface area contributed by atoms with Crippen molar-refractivity contribution in [2.45, 2.75) is 36.5 Å². The lowest BCUT2D eigenvalue weighted by atomic mass is 9.99. The fourth-order valence-corrected chi connectivity index (χ4v) is 5.88. The van der Waals surface area contributed by atoms with Gasteiger partial charge in [0.05, 0.1) is 9.79 Å². The second-order valence-electron chi connectivity index (χ2n) is 7.34. The summed E-state index contributed by atoms with van der Waals surface area (Å²) in [6, 6.07) is 18.1. The first kappa shape index (κ1) is 22.9. The number of rotatable bonds is 6. The van der Waals surface area contributed by atoms with E-state index in [1.807, 2.05) is 50.2 Å². The molecular weight excluding hydrogens is 457 g/mol. The molecule has 0 unspecified atom stereocenters. The minimum atomic E-state index is -3.61. The second-order valence-corrected chi connectivity index (χ2v) is 13.0. The van der Waals surface area contributed by atoms with E-state index in [2.05, 4.69) is 23.3 Å². The van der Waals surface area contributed by atoms with Gasteiger partial charge >= 0.3 is 0 Å². The predicted molar refractivity (Wildman–Crippen MR) is 127 cm³/mol. The van der Waals surface area contributed by atoms with Crippen LogP contribution in [0.4, 0.5) is 0 Å². The van der Waals surface area contributed by atoms with Gasteiger partial charge in [0.15, 0.2) is 0 Å². The number of hydrogen-bond donors (Lipinski definition) is 2. The highest BCUT2D eigenvalue weighted by Gasteiger charge is 2.16. The van der Waals surface area contributed by atoms with Crippen LogP contribution in [0.1, 0.15) is 33.4 Å². The van der Waals surface area contributed by atoms with Gasteiger partial charge in [-0.3, -0.25) is 0 Å². The van der Waals surface area contributed by atoms with E-state index in [0.717, 1.165) is 22.3 Å². The van der Waals surface area contributed by atoms with Gasteiger partial charge in [-0.05, 0) is 84.4 Å². The number of hydrogen-bond acceptors (Lipinski definition) is 4. The third-order valence-electron chi connectivity index (χ3n) is 4.80. The van der Waals surface area contributed by atoms with E-state index in [1.165, 1.54) is 0 Å². The van der Waals surface area contributed by atoms with Gasteiger partial charge in [0, 0.05) is 0 Å².